The Bertz CT molecular complexity index is 130. The smallest absolute Gasteiger partial charge is 0.0879 e. The Hall–Kier alpha value is 0.270. The number of aliphatic hydroxyl groups is 2. The van der Waals surface area contributed by atoms with E-state index in [0.717, 1.165) is 0 Å². The second kappa shape index (κ2) is 8.57. The Morgan fingerprint density at radius 2 is 2.00 bits per heavy atom. The minimum atomic E-state index is -0.169. The number of hydrogen-bond donors (Lipinski definition) is 2. The molecule has 0 aromatic rings. The summed E-state index contributed by atoms with van der Waals surface area (Å²) < 4.78 is 10.5. The molecule has 0 aliphatic rings. The molecule has 0 aliphatic heterocycles. The van der Waals surface area contributed by atoms with Crippen molar-refractivity contribution in [3.63, 3.8) is 0 Å². The SMILES string of the molecule is CC(C)(CO)COPCOCCCO. The van der Waals surface area contributed by atoms with E-state index >= 15 is 0 Å². The van der Waals surface area contributed by atoms with Gasteiger partial charge in [0.15, 0.2) is 0 Å². The van der Waals surface area contributed by atoms with Gasteiger partial charge in [0, 0.05) is 27.4 Å². The number of rotatable bonds is 9. The van der Waals surface area contributed by atoms with Crippen molar-refractivity contribution in [2.24, 2.45) is 5.41 Å². The van der Waals surface area contributed by atoms with Crippen LogP contribution in [0, 0.1) is 5.41 Å². The van der Waals surface area contributed by atoms with Gasteiger partial charge in [-0.25, -0.2) is 0 Å². The quantitative estimate of drug-likeness (QED) is 0.452. The van der Waals surface area contributed by atoms with E-state index in [4.69, 9.17) is 19.5 Å². The molecular formula is C9H21O4P. The zero-order valence-electron chi connectivity index (χ0n) is 8.95. The topological polar surface area (TPSA) is 58.9 Å². The summed E-state index contributed by atoms with van der Waals surface area (Å²) in [6, 6.07) is 0. The number of aliphatic hydroxyl groups excluding tert-OH is 2. The zero-order chi connectivity index (χ0) is 10.9. The lowest BCUT2D eigenvalue weighted by Gasteiger charge is -2.20. The molecule has 0 aromatic heterocycles. The average Bonchev–Trinajstić information content (AvgIpc) is 2.16. The second-order valence-electron chi connectivity index (χ2n) is 3.89. The van der Waals surface area contributed by atoms with Gasteiger partial charge in [0.05, 0.1) is 19.6 Å². The molecule has 4 nitrogen and oxygen atoms in total. The minimum Gasteiger partial charge on any atom is -0.396 e. The fraction of sp³-hybridized carbons (Fsp3) is 1.00. The molecule has 1 atom stereocenters. The lowest BCUT2D eigenvalue weighted by molar-refractivity contribution is 0.100. The van der Waals surface area contributed by atoms with Gasteiger partial charge in [0.2, 0.25) is 0 Å². The van der Waals surface area contributed by atoms with Gasteiger partial charge in [0.1, 0.15) is 0 Å². The fourth-order valence-electron chi connectivity index (χ4n) is 0.614. The Morgan fingerprint density at radius 3 is 2.57 bits per heavy atom. The van der Waals surface area contributed by atoms with Crippen LogP contribution in [0.1, 0.15) is 20.3 Å². The van der Waals surface area contributed by atoms with Gasteiger partial charge in [0.25, 0.3) is 0 Å². The maximum Gasteiger partial charge on any atom is 0.0879 e. The van der Waals surface area contributed by atoms with Crippen LogP contribution in [0.2, 0.25) is 0 Å². The van der Waals surface area contributed by atoms with E-state index in [1.165, 1.54) is 0 Å². The molecule has 0 amide bonds. The Kier molecular flexibility index (Phi) is 8.73. The van der Waals surface area contributed by atoms with Crippen LogP contribution in [0.4, 0.5) is 0 Å². The normalized spacial score (nSPS) is 12.9. The van der Waals surface area contributed by atoms with Crippen molar-refractivity contribution in [1.82, 2.24) is 0 Å². The van der Waals surface area contributed by atoms with Crippen molar-refractivity contribution in [2.45, 2.75) is 20.3 Å². The molecule has 0 spiro atoms. The Morgan fingerprint density at radius 1 is 1.29 bits per heavy atom. The van der Waals surface area contributed by atoms with Crippen molar-refractivity contribution in [3.05, 3.63) is 0 Å². The molecule has 2 N–H and O–H groups in total. The van der Waals surface area contributed by atoms with Crippen LogP contribution in [0.15, 0.2) is 0 Å². The largest absolute Gasteiger partial charge is 0.396 e. The van der Waals surface area contributed by atoms with Crippen LogP contribution in [0.5, 0.6) is 0 Å². The summed E-state index contributed by atoms with van der Waals surface area (Å²) in [4.78, 5) is 0. The Labute approximate surface area is 87.5 Å². The summed E-state index contributed by atoms with van der Waals surface area (Å²) in [5, 5.41) is 17.4. The molecule has 0 fully saturated rings. The summed E-state index contributed by atoms with van der Waals surface area (Å²) in [6.07, 6.45) is 1.24. The van der Waals surface area contributed by atoms with E-state index in [1.54, 1.807) is 0 Å². The molecule has 5 heteroatoms. The third-order valence-electron chi connectivity index (χ3n) is 1.60. The highest BCUT2D eigenvalue weighted by molar-refractivity contribution is 7.31. The van der Waals surface area contributed by atoms with Gasteiger partial charge in [-0.1, -0.05) is 13.8 Å². The first-order valence-corrected chi connectivity index (χ1v) is 5.88. The molecular weight excluding hydrogens is 203 g/mol. The van der Waals surface area contributed by atoms with Gasteiger partial charge >= 0.3 is 0 Å². The van der Waals surface area contributed by atoms with Crippen LogP contribution >= 0.6 is 8.81 Å². The van der Waals surface area contributed by atoms with Crippen molar-refractivity contribution >= 4 is 8.81 Å². The van der Waals surface area contributed by atoms with Gasteiger partial charge in [-0.2, -0.15) is 0 Å². The number of ether oxygens (including phenoxy) is 1. The monoisotopic (exact) mass is 224 g/mol. The van der Waals surface area contributed by atoms with Crippen LogP contribution in [0.25, 0.3) is 0 Å². The second-order valence-corrected chi connectivity index (χ2v) is 4.75. The summed E-state index contributed by atoms with van der Waals surface area (Å²) in [6.45, 7) is 5.32. The number of hydrogen-bond acceptors (Lipinski definition) is 4. The molecule has 14 heavy (non-hydrogen) atoms. The third kappa shape index (κ3) is 8.85. The molecule has 0 saturated heterocycles. The van der Waals surface area contributed by atoms with Gasteiger partial charge in [-0.3, -0.25) is 0 Å². The summed E-state index contributed by atoms with van der Waals surface area (Å²) in [7, 11) is 0.305. The highest BCUT2D eigenvalue weighted by atomic mass is 31.1. The lowest BCUT2D eigenvalue weighted by Crippen LogP contribution is -2.21. The molecule has 1 unspecified atom stereocenters. The standard InChI is InChI=1S/C9H21O4P/c1-9(2,6-11)7-13-14-8-12-5-3-4-10/h10-11,14H,3-8H2,1-2H3. The average molecular weight is 224 g/mol. The summed E-state index contributed by atoms with van der Waals surface area (Å²) in [5.41, 5.74) is -0.169. The van der Waals surface area contributed by atoms with E-state index in [9.17, 15) is 0 Å². The predicted molar refractivity (Wildman–Crippen MR) is 57.7 cm³/mol. The van der Waals surface area contributed by atoms with Crippen molar-refractivity contribution < 1.29 is 19.5 Å². The van der Waals surface area contributed by atoms with E-state index in [0.29, 0.717) is 34.8 Å². The van der Waals surface area contributed by atoms with Crippen LogP contribution in [0.3, 0.4) is 0 Å². The maximum atomic E-state index is 8.93. The summed E-state index contributed by atoms with van der Waals surface area (Å²) in [5.74, 6) is 0. The van der Waals surface area contributed by atoms with Gasteiger partial charge in [-0.15, -0.1) is 0 Å². The lowest BCUT2D eigenvalue weighted by atomic mass is 9.97. The van der Waals surface area contributed by atoms with Crippen LogP contribution in [-0.2, 0) is 9.26 Å². The van der Waals surface area contributed by atoms with E-state index < -0.39 is 0 Å². The molecule has 0 aliphatic carbocycles. The molecule has 0 bridgehead atoms. The molecule has 0 aromatic carbocycles. The van der Waals surface area contributed by atoms with E-state index in [2.05, 4.69) is 0 Å². The van der Waals surface area contributed by atoms with Crippen LogP contribution in [-0.4, -0.2) is 43.0 Å². The Balaban J connectivity index is 3.13. The minimum absolute atomic E-state index is 0.128. The third-order valence-corrected chi connectivity index (χ3v) is 2.27. The summed E-state index contributed by atoms with van der Waals surface area (Å²) >= 11 is 0. The predicted octanol–water partition coefficient (Wildman–Crippen LogP) is 0.971. The molecule has 0 rings (SSSR count). The molecule has 0 heterocycles. The van der Waals surface area contributed by atoms with Crippen molar-refractivity contribution in [3.8, 4) is 0 Å². The van der Waals surface area contributed by atoms with Crippen LogP contribution < -0.4 is 0 Å². The van der Waals surface area contributed by atoms with E-state index in [-0.39, 0.29) is 18.6 Å². The van der Waals surface area contributed by atoms with Gasteiger partial charge in [-0.05, 0) is 6.42 Å². The van der Waals surface area contributed by atoms with Gasteiger partial charge < -0.3 is 19.5 Å². The highest BCUT2D eigenvalue weighted by Gasteiger charge is 2.16. The maximum absolute atomic E-state index is 8.93. The fourth-order valence-corrected chi connectivity index (χ4v) is 1.42. The first-order valence-electron chi connectivity index (χ1n) is 4.76. The first-order chi connectivity index (χ1) is 6.62. The molecule has 86 valence electrons. The zero-order valence-corrected chi connectivity index (χ0v) is 9.95. The molecule has 0 saturated carbocycles. The van der Waals surface area contributed by atoms with Crippen molar-refractivity contribution in [1.29, 1.82) is 0 Å². The highest BCUT2D eigenvalue weighted by Crippen LogP contribution is 2.20. The van der Waals surface area contributed by atoms with E-state index in [1.807, 2.05) is 13.8 Å². The molecule has 0 radical (unpaired) electrons. The first kappa shape index (κ1) is 14.3. The van der Waals surface area contributed by atoms with Crippen molar-refractivity contribution in [2.75, 3.05) is 32.8 Å².